The maximum Gasteiger partial charge on any atom is 0.379 e. The van der Waals surface area contributed by atoms with Gasteiger partial charge in [0.05, 0.1) is 24.6 Å². The molecule has 1 aromatic carbocycles. The van der Waals surface area contributed by atoms with Crippen LogP contribution in [0.4, 0.5) is 0 Å². The highest BCUT2D eigenvalue weighted by molar-refractivity contribution is 5.90. The van der Waals surface area contributed by atoms with Gasteiger partial charge in [0.15, 0.2) is 11.5 Å². The Bertz CT molecular complexity index is 971. The first kappa shape index (κ1) is 17.0. The number of nitrogens with zero attached hydrogens (tertiary/aromatic N) is 2. The molecule has 2 heterocycles. The predicted octanol–water partition coefficient (Wildman–Crippen LogP) is 3.97. The van der Waals surface area contributed by atoms with E-state index in [4.69, 9.17) is 13.9 Å². The maximum atomic E-state index is 12.0. The molecule has 0 N–H and O–H groups in total. The first-order valence-corrected chi connectivity index (χ1v) is 7.68. The molecule has 3 aromatic rings. The zero-order valence-electron chi connectivity index (χ0n) is 13.9. The number of hydrogen-bond acceptors (Lipinski definition) is 6. The van der Waals surface area contributed by atoms with Gasteiger partial charge in [-0.15, -0.1) is 0 Å². The minimum atomic E-state index is -0.622. The van der Waals surface area contributed by atoms with Crippen molar-refractivity contribution in [2.75, 3.05) is 7.11 Å². The Morgan fingerprint density at radius 1 is 1.19 bits per heavy atom. The van der Waals surface area contributed by atoms with Crippen LogP contribution in [0, 0.1) is 11.3 Å². The normalized spacial score (nSPS) is 10.8. The van der Waals surface area contributed by atoms with Crippen LogP contribution in [0.15, 0.2) is 65.4 Å². The fourth-order valence-electron chi connectivity index (χ4n) is 2.26. The predicted molar refractivity (Wildman–Crippen MR) is 94.4 cm³/mol. The van der Waals surface area contributed by atoms with Gasteiger partial charge in [0, 0.05) is 6.20 Å². The molecule has 6 nitrogen and oxygen atoms in total. The van der Waals surface area contributed by atoms with Crippen molar-refractivity contribution in [3.05, 3.63) is 78.0 Å². The van der Waals surface area contributed by atoms with E-state index in [1.54, 1.807) is 48.7 Å². The molecule has 6 heteroatoms. The van der Waals surface area contributed by atoms with Crippen molar-refractivity contribution in [2.45, 2.75) is 0 Å². The van der Waals surface area contributed by atoms with Gasteiger partial charge >= 0.3 is 5.97 Å². The molecular formula is C20H14N2O4. The van der Waals surface area contributed by atoms with Crippen LogP contribution in [0.5, 0.6) is 11.5 Å². The Hall–Kier alpha value is -3.85. The van der Waals surface area contributed by atoms with Crippen LogP contribution < -0.4 is 9.47 Å². The molecule has 3 rings (SSSR count). The molecule has 0 saturated heterocycles. The van der Waals surface area contributed by atoms with Gasteiger partial charge in [-0.3, -0.25) is 4.98 Å². The van der Waals surface area contributed by atoms with Gasteiger partial charge in [-0.25, -0.2) is 4.79 Å². The number of pyridine rings is 1. The molecule has 0 atom stereocenters. The number of carbonyl (C=O) groups is 1. The van der Waals surface area contributed by atoms with Crippen molar-refractivity contribution >= 4 is 17.6 Å². The number of furan rings is 1. The number of ether oxygens (including phenoxy) is 2. The number of methoxy groups -OCH3 is 1. The number of carbonyl (C=O) groups excluding carboxylic acids is 1. The highest BCUT2D eigenvalue weighted by Crippen LogP contribution is 2.30. The van der Waals surface area contributed by atoms with Gasteiger partial charge in [0.1, 0.15) is 6.07 Å². The minimum Gasteiger partial charge on any atom is -0.493 e. The number of allylic oxidation sites excluding steroid dienone is 1. The summed E-state index contributed by atoms with van der Waals surface area (Å²) < 4.78 is 15.6. The molecule has 2 aromatic heterocycles. The Morgan fingerprint density at radius 3 is 2.73 bits per heavy atom. The van der Waals surface area contributed by atoms with Crippen molar-refractivity contribution in [1.82, 2.24) is 4.98 Å². The lowest BCUT2D eigenvalue weighted by molar-refractivity contribution is 0.0696. The molecule has 128 valence electrons. The second-order valence-electron chi connectivity index (χ2n) is 5.16. The lowest BCUT2D eigenvalue weighted by Gasteiger charge is -2.09. The first-order chi connectivity index (χ1) is 12.7. The Balaban J connectivity index is 1.88. The van der Waals surface area contributed by atoms with E-state index in [0.717, 1.165) is 0 Å². The van der Waals surface area contributed by atoms with Crippen LogP contribution in [0.25, 0.3) is 11.6 Å². The van der Waals surface area contributed by atoms with Crippen LogP contribution in [0.3, 0.4) is 0 Å². The quantitative estimate of drug-likeness (QED) is 0.395. The number of esters is 1. The molecule has 0 aliphatic heterocycles. The summed E-state index contributed by atoms with van der Waals surface area (Å²) in [5.74, 6) is 0.0834. The van der Waals surface area contributed by atoms with Gasteiger partial charge in [-0.1, -0.05) is 12.1 Å². The highest BCUT2D eigenvalue weighted by atomic mass is 16.6. The molecule has 26 heavy (non-hydrogen) atoms. The molecule has 0 aliphatic carbocycles. The lowest BCUT2D eigenvalue weighted by atomic mass is 10.1. The van der Waals surface area contributed by atoms with E-state index >= 15 is 0 Å². The average molecular weight is 346 g/mol. The smallest absolute Gasteiger partial charge is 0.379 e. The molecule has 0 radical (unpaired) electrons. The molecule has 0 amide bonds. The number of benzene rings is 1. The highest BCUT2D eigenvalue weighted by Gasteiger charge is 2.15. The van der Waals surface area contributed by atoms with Gasteiger partial charge in [-0.05, 0) is 48.0 Å². The number of nitriles is 1. The van der Waals surface area contributed by atoms with Crippen molar-refractivity contribution < 1.29 is 18.7 Å². The summed E-state index contributed by atoms with van der Waals surface area (Å²) in [4.78, 5) is 16.2. The van der Waals surface area contributed by atoms with Crippen molar-refractivity contribution in [2.24, 2.45) is 0 Å². The Morgan fingerprint density at radius 2 is 2.08 bits per heavy atom. The topological polar surface area (TPSA) is 85.4 Å². The van der Waals surface area contributed by atoms with Crippen molar-refractivity contribution in [1.29, 1.82) is 5.26 Å². The first-order valence-electron chi connectivity index (χ1n) is 7.68. The van der Waals surface area contributed by atoms with Gasteiger partial charge in [-0.2, -0.15) is 5.26 Å². The summed E-state index contributed by atoms with van der Waals surface area (Å²) in [7, 11) is 1.47. The average Bonchev–Trinajstić information content (AvgIpc) is 3.22. The van der Waals surface area contributed by atoms with Gasteiger partial charge in [0.25, 0.3) is 0 Å². The molecule has 0 saturated carbocycles. The summed E-state index contributed by atoms with van der Waals surface area (Å²) in [6.07, 6.45) is 4.70. The van der Waals surface area contributed by atoms with Crippen molar-refractivity contribution in [3.8, 4) is 17.6 Å². The van der Waals surface area contributed by atoms with E-state index in [0.29, 0.717) is 22.6 Å². The summed E-state index contributed by atoms with van der Waals surface area (Å²) in [5, 5.41) is 9.38. The zero-order chi connectivity index (χ0) is 18.4. The second-order valence-corrected chi connectivity index (χ2v) is 5.16. The standard InChI is InChI=1S/C20H14N2O4/c1-24-19-12-14(11-15(13-21)16-5-2-3-9-22-16)7-8-17(19)26-20(23)18-6-4-10-25-18/h2-12H,1H3/b15-11+. The minimum absolute atomic E-state index is 0.0953. The van der Waals surface area contributed by atoms with E-state index in [9.17, 15) is 10.1 Å². The second kappa shape index (κ2) is 7.81. The molecular weight excluding hydrogens is 332 g/mol. The SMILES string of the molecule is COc1cc(/C=C(\C#N)c2ccccn2)ccc1OC(=O)c1ccco1. The summed E-state index contributed by atoms with van der Waals surface area (Å²) >= 11 is 0. The monoisotopic (exact) mass is 346 g/mol. The number of hydrogen-bond donors (Lipinski definition) is 0. The molecule has 0 aliphatic rings. The largest absolute Gasteiger partial charge is 0.493 e. The van der Waals surface area contributed by atoms with E-state index in [1.165, 1.54) is 19.4 Å². The van der Waals surface area contributed by atoms with Crippen LogP contribution in [-0.2, 0) is 0 Å². The van der Waals surface area contributed by atoms with Crippen LogP contribution in [-0.4, -0.2) is 18.1 Å². The van der Waals surface area contributed by atoms with E-state index in [2.05, 4.69) is 11.1 Å². The van der Waals surface area contributed by atoms with Gasteiger partial charge in [0.2, 0.25) is 5.76 Å². The molecule has 0 fully saturated rings. The summed E-state index contributed by atoms with van der Waals surface area (Å²) in [6, 6.07) is 15.6. The van der Waals surface area contributed by atoms with Crippen LogP contribution in [0.2, 0.25) is 0 Å². The van der Waals surface area contributed by atoms with Gasteiger partial charge < -0.3 is 13.9 Å². The number of rotatable bonds is 5. The fraction of sp³-hybridized carbons (Fsp3) is 0.0500. The van der Waals surface area contributed by atoms with Crippen LogP contribution >= 0.6 is 0 Å². The maximum absolute atomic E-state index is 12.0. The fourth-order valence-corrected chi connectivity index (χ4v) is 2.26. The summed E-state index contributed by atoms with van der Waals surface area (Å²) in [5.41, 5.74) is 1.69. The summed E-state index contributed by atoms with van der Waals surface area (Å²) in [6.45, 7) is 0. The van der Waals surface area contributed by atoms with E-state index < -0.39 is 5.97 Å². The van der Waals surface area contributed by atoms with E-state index in [1.807, 2.05) is 6.07 Å². The third-order valence-electron chi connectivity index (χ3n) is 3.48. The Kier molecular flexibility index (Phi) is 5.11. The van der Waals surface area contributed by atoms with Crippen molar-refractivity contribution in [3.63, 3.8) is 0 Å². The molecule has 0 unspecified atom stereocenters. The van der Waals surface area contributed by atoms with E-state index in [-0.39, 0.29) is 11.5 Å². The third kappa shape index (κ3) is 3.79. The lowest BCUT2D eigenvalue weighted by Crippen LogP contribution is -2.08. The Labute approximate surface area is 149 Å². The zero-order valence-corrected chi connectivity index (χ0v) is 13.9. The third-order valence-corrected chi connectivity index (χ3v) is 3.48. The molecule has 0 bridgehead atoms. The van der Waals surface area contributed by atoms with Crippen LogP contribution in [0.1, 0.15) is 21.8 Å². The molecule has 0 spiro atoms. The number of aromatic nitrogens is 1.